The van der Waals surface area contributed by atoms with Gasteiger partial charge in [-0.15, -0.1) is 10.2 Å². The Morgan fingerprint density at radius 2 is 1.82 bits per heavy atom. The van der Waals surface area contributed by atoms with Crippen LogP contribution in [0.1, 0.15) is 25.5 Å². The summed E-state index contributed by atoms with van der Waals surface area (Å²) in [6.45, 7) is 4.00. The first-order valence-corrected chi connectivity index (χ1v) is 6.93. The lowest BCUT2D eigenvalue weighted by molar-refractivity contribution is 0.475. The van der Waals surface area contributed by atoms with Gasteiger partial charge in [-0.3, -0.25) is 4.40 Å². The first-order valence-electron chi connectivity index (χ1n) is 6.93. The van der Waals surface area contributed by atoms with Crippen molar-refractivity contribution in [1.29, 1.82) is 0 Å². The Morgan fingerprint density at radius 3 is 2.50 bits per heavy atom. The predicted molar refractivity (Wildman–Crippen MR) is 81.5 cm³/mol. The fraction of sp³-hybridized carbons (Fsp3) is 0.188. The molecule has 3 aromatic rings. The zero-order valence-corrected chi connectivity index (χ0v) is 12.2. The first-order chi connectivity index (χ1) is 10.5. The Balaban J connectivity index is 2.09. The summed E-state index contributed by atoms with van der Waals surface area (Å²) in [6, 6.07) is 9.35. The van der Waals surface area contributed by atoms with Crippen molar-refractivity contribution in [2.75, 3.05) is 0 Å². The van der Waals surface area contributed by atoms with Crippen LogP contribution < -0.4 is 0 Å². The summed E-state index contributed by atoms with van der Waals surface area (Å²) in [6.07, 6.45) is 1.35. The average Bonchev–Trinajstić information content (AvgIpc) is 2.85. The predicted octanol–water partition coefficient (Wildman–Crippen LogP) is 4.72. The summed E-state index contributed by atoms with van der Waals surface area (Å²) in [5, 5.41) is 17.6. The second-order valence-electron chi connectivity index (χ2n) is 5.27. The molecule has 0 bridgehead atoms. The van der Waals surface area contributed by atoms with Crippen LogP contribution in [0.15, 0.2) is 52.8 Å². The van der Waals surface area contributed by atoms with E-state index in [1.165, 1.54) is 24.4 Å². The maximum Gasteiger partial charge on any atom is 0.183 e. The van der Waals surface area contributed by atoms with Gasteiger partial charge in [0.1, 0.15) is 17.2 Å². The van der Waals surface area contributed by atoms with E-state index in [2.05, 4.69) is 15.2 Å². The molecule has 0 radical (unpaired) electrons. The molecule has 5 nitrogen and oxygen atoms in total. The summed E-state index contributed by atoms with van der Waals surface area (Å²) in [4.78, 5) is 4.48. The zero-order valence-electron chi connectivity index (χ0n) is 12.2. The van der Waals surface area contributed by atoms with Gasteiger partial charge in [0.2, 0.25) is 0 Å². The van der Waals surface area contributed by atoms with E-state index in [-0.39, 0.29) is 17.5 Å². The molecule has 0 saturated carbocycles. The normalized spacial score (nSPS) is 11.8. The number of halogens is 1. The van der Waals surface area contributed by atoms with Gasteiger partial charge in [-0.2, -0.15) is 0 Å². The van der Waals surface area contributed by atoms with Crippen LogP contribution in [0.4, 0.5) is 15.9 Å². The number of phenolic OH excluding ortho intramolecular Hbond substituents is 1. The lowest BCUT2D eigenvalue weighted by atomic mass is 10.1. The van der Waals surface area contributed by atoms with Crippen molar-refractivity contribution in [3.63, 3.8) is 0 Å². The highest BCUT2D eigenvalue weighted by molar-refractivity contribution is 5.53. The Morgan fingerprint density at radius 1 is 1.09 bits per heavy atom. The molecule has 0 atom stereocenters. The summed E-state index contributed by atoms with van der Waals surface area (Å²) in [5.41, 5.74) is 1.98. The van der Waals surface area contributed by atoms with E-state index in [0.29, 0.717) is 17.2 Å². The van der Waals surface area contributed by atoms with Crippen LogP contribution in [-0.4, -0.2) is 14.5 Å². The average molecular weight is 298 g/mol. The number of rotatable bonds is 3. The van der Waals surface area contributed by atoms with Crippen molar-refractivity contribution in [2.45, 2.75) is 19.8 Å². The van der Waals surface area contributed by atoms with E-state index in [0.717, 1.165) is 5.69 Å². The summed E-state index contributed by atoms with van der Waals surface area (Å²) in [7, 11) is 0. The van der Waals surface area contributed by atoms with Crippen molar-refractivity contribution in [3.05, 3.63) is 54.1 Å². The Bertz CT molecular complexity index is 837. The standard InChI is InChI=1S/C16H15FN4O/c1-10(2)15-16(20-19-12-4-6-13(22)7-5-12)21-9-11(17)3-8-14(21)18-15/h3-10,22H,1-2H3. The monoisotopic (exact) mass is 298 g/mol. The van der Waals surface area contributed by atoms with Gasteiger partial charge in [0, 0.05) is 6.20 Å². The second-order valence-corrected chi connectivity index (χ2v) is 5.27. The van der Waals surface area contributed by atoms with Gasteiger partial charge in [-0.05, 0) is 42.3 Å². The number of phenols is 1. The van der Waals surface area contributed by atoms with Crippen molar-refractivity contribution < 1.29 is 9.50 Å². The molecule has 2 aromatic heterocycles. The molecule has 2 heterocycles. The minimum atomic E-state index is -0.360. The number of fused-ring (bicyclic) bond motifs is 1. The topological polar surface area (TPSA) is 62.2 Å². The second kappa shape index (κ2) is 5.55. The minimum Gasteiger partial charge on any atom is -0.508 e. The van der Waals surface area contributed by atoms with Gasteiger partial charge in [0.25, 0.3) is 0 Å². The molecule has 112 valence electrons. The Labute approximate surface area is 126 Å². The van der Waals surface area contributed by atoms with Gasteiger partial charge in [0.05, 0.1) is 11.4 Å². The summed E-state index contributed by atoms with van der Waals surface area (Å²) in [5.74, 6) is 0.453. The van der Waals surface area contributed by atoms with Crippen molar-refractivity contribution >= 4 is 17.2 Å². The largest absolute Gasteiger partial charge is 0.508 e. The first kappa shape index (κ1) is 14.2. The SMILES string of the molecule is CC(C)c1nc2ccc(F)cn2c1N=Nc1ccc(O)cc1. The van der Waals surface area contributed by atoms with E-state index in [1.807, 2.05) is 13.8 Å². The van der Waals surface area contributed by atoms with Crippen LogP contribution in [0, 0.1) is 5.82 Å². The number of hydrogen-bond acceptors (Lipinski definition) is 4. The fourth-order valence-corrected chi connectivity index (χ4v) is 2.14. The molecule has 3 rings (SSSR count). The molecular weight excluding hydrogens is 283 g/mol. The molecule has 0 saturated heterocycles. The molecule has 0 aliphatic rings. The Hall–Kier alpha value is -2.76. The van der Waals surface area contributed by atoms with Crippen LogP contribution in [0.5, 0.6) is 5.75 Å². The fourth-order valence-electron chi connectivity index (χ4n) is 2.14. The smallest absolute Gasteiger partial charge is 0.183 e. The molecule has 0 spiro atoms. The molecule has 0 aliphatic carbocycles. The molecule has 0 amide bonds. The molecule has 0 fully saturated rings. The molecule has 22 heavy (non-hydrogen) atoms. The maximum absolute atomic E-state index is 13.5. The lowest BCUT2D eigenvalue weighted by Gasteiger charge is -2.01. The Kier molecular flexibility index (Phi) is 3.58. The minimum absolute atomic E-state index is 0.136. The molecule has 6 heteroatoms. The van der Waals surface area contributed by atoms with Crippen molar-refractivity contribution in [2.24, 2.45) is 10.2 Å². The summed E-state index contributed by atoms with van der Waals surface area (Å²) >= 11 is 0. The van der Waals surface area contributed by atoms with Gasteiger partial charge in [0.15, 0.2) is 5.82 Å². The zero-order chi connectivity index (χ0) is 15.7. The third-order valence-corrected chi connectivity index (χ3v) is 3.24. The summed E-state index contributed by atoms with van der Waals surface area (Å²) < 4.78 is 15.1. The highest BCUT2D eigenvalue weighted by Crippen LogP contribution is 2.29. The van der Waals surface area contributed by atoms with Crippen LogP contribution in [0.2, 0.25) is 0 Å². The number of hydrogen-bond donors (Lipinski definition) is 1. The van der Waals surface area contributed by atoms with Gasteiger partial charge in [-0.1, -0.05) is 13.8 Å². The van der Waals surface area contributed by atoms with E-state index in [9.17, 15) is 9.50 Å². The van der Waals surface area contributed by atoms with E-state index in [1.54, 1.807) is 22.6 Å². The number of nitrogens with zero attached hydrogens (tertiary/aromatic N) is 4. The van der Waals surface area contributed by atoms with Crippen LogP contribution in [0.3, 0.4) is 0 Å². The quantitative estimate of drug-likeness (QED) is 0.711. The highest BCUT2D eigenvalue weighted by atomic mass is 19.1. The number of imidazole rings is 1. The molecule has 1 N–H and O–H groups in total. The molecule has 0 aliphatic heterocycles. The van der Waals surface area contributed by atoms with Crippen LogP contribution in [-0.2, 0) is 0 Å². The molecule has 0 unspecified atom stereocenters. The highest BCUT2D eigenvalue weighted by Gasteiger charge is 2.15. The van der Waals surface area contributed by atoms with E-state index < -0.39 is 0 Å². The number of azo groups is 1. The van der Waals surface area contributed by atoms with E-state index in [4.69, 9.17) is 0 Å². The van der Waals surface area contributed by atoms with Crippen molar-refractivity contribution in [3.8, 4) is 5.75 Å². The van der Waals surface area contributed by atoms with Gasteiger partial charge < -0.3 is 5.11 Å². The van der Waals surface area contributed by atoms with Gasteiger partial charge in [-0.25, -0.2) is 9.37 Å². The van der Waals surface area contributed by atoms with Crippen molar-refractivity contribution in [1.82, 2.24) is 9.38 Å². The van der Waals surface area contributed by atoms with E-state index >= 15 is 0 Å². The number of pyridine rings is 1. The third kappa shape index (κ3) is 2.67. The maximum atomic E-state index is 13.5. The third-order valence-electron chi connectivity index (χ3n) is 3.24. The molecule has 1 aromatic carbocycles. The van der Waals surface area contributed by atoms with Crippen LogP contribution in [0.25, 0.3) is 5.65 Å². The number of benzene rings is 1. The number of aromatic nitrogens is 2. The lowest BCUT2D eigenvalue weighted by Crippen LogP contribution is -1.88. The number of aromatic hydroxyl groups is 1. The van der Waals surface area contributed by atoms with Gasteiger partial charge >= 0.3 is 0 Å². The molecular formula is C16H15FN4O. The van der Waals surface area contributed by atoms with Crippen LogP contribution >= 0.6 is 0 Å².